The number of likely N-dealkylation sites (tertiary alicyclic amines) is 1. The third-order valence-electron chi connectivity index (χ3n) is 4.47. The van der Waals surface area contributed by atoms with E-state index in [1.165, 1.54) is 0 Å². The summed E-state index contributed by atoms with van der Waals surface area (Å²) in [6.45, 7) is 3.17. The smallest absolute Gasteiger partial charge is 0.255 e. The summed E-state index contributed by atoms with van der Waals surface area (Å²) in [5.41, 5.74) is 2.33. The lowest BCUT2D eigenvalue weighted by atomic mass is 10.0. The number of benzene rings is 2. The van der Waals surface area contributed by atoms with Crippen LogP contribution < -0.4 is 10.6 Å². The first-order chi connectivity index (χ1) is 12.1. The SMILES string of the molecule is CC(=O)N1CCC(Nc2cccc(C(=O)Nc3ccccc3)c2)CC1. The number of hydrogen-bond acceptors (Lipinski definition) is 3. The predicted molar refractivity (Wildman–Crippen MR) is 99.7 cm³/mol. The van der Waals surface area contributed by atoms with E-state index in [-0.39, 0.29) is 11.8 Å². The Morgan fingerprint density at radius 2 is 1.64 bits per heavy atom. The van der Waals surface area contributed by atoms with Crippen LogP contribution in [0.25, 0.3) is 0 Å². The first-order valence-electron chi connectivity index (χ1n) is 8.60. The quantitative estimate of drug-likeness (QED) is 0.899. The molecule has 1 heterocycles. The molecule has 0 saturated carbocycles. The molecular formula is C20H23N3O2. The number of anilines is 2. The highest BCUT2D eigenvalue weighted by atomic mass is 16.2. The van der Waals surface area contributed by atoms with Crippen LogP contribution in [0.1, 0.15) is 30.1 Å². The second-order valence-corrected chi connectivity index (χ2v) is 6.33. The number of carbonyl (C=O) groups is 2. The van der Waals surface area contributed by atoms with Gasteiger partial charge in [0, 0.05) is 43.0 Å². The molecule has 5 nitrogen and oxygen atoms in total. The fourth-order valence-electron chi connectivity index (χ4n) is 3.05. The number of nitrogens with one attached hydrogen (secondary N) is 2. The van der Waals surface area contributed by atoms with Crippen molar-refractivity contribution in [3.05, 3.63) is 60.2 Å². The van der Waals surface area contributed by atoms with Crippen LogP contribution in [0.2, 0.25) is 0 Å². The van der Waals surface area contributed by atoms with Crippen LogP contribution >= 0.6 is 0 Å². The second-order valence-electron chi connectivity index (χ2n) is 6.33. The monoisotopic (exact) mass is 337 g/mol. The van der Waals surface area contributed by atoms with E-state index in [0.29, 0.717) is 11.6 Å². The van der Waals surface area contributed by atoms with E-state index in [9.17, 15) is 9.59 Å². The summed E-state index contributed by atoms with van der Waals surface area (Å²) in [6, 6.07) is 17.3. The summed E-state index contributed by atoms with van der Waals surface area (Å²) in [6.07, 6.45) is 1.83. The first kappa shape index (κ1) is 17.0. The summed E-state index contributed by atoms with van der Waals surface area (Å²) in [5.74, 6) is 0.0132. The molecule has 2 aromatic rings. The summed E-state index contributed by atoms with van der Waals surface area (Å²) in [5, 5.41) is 6.38. The Kier molecular flexibility index (Phi) is 5.33. The van der Waals surface area contributed by atoms with Gasteiger partial charge < -0.3 is 15.5 Å². The van der Waals surface area contributed by atoms with Crippen molar-refractivity contribution >= 4 is 23.2 Å². The minimum Gasteiger partial charge on any atom is -0.382 e. The molecule has 2 amide bonds. The Hall–Kier alpha value is -2.82. The molecule has 2 aromatic carbocycles. The van der Waals surface area contributed by atoms with Gasteiger partial charge in [-0.2, -0.15) is 0 Å². The maximum absolute atomic E-state index is 12.4. The van der Waals surface area contributed by atoms with E-state index >= 15 is 0 Å². The molecule has 5 heteroatoms. The van der Waals surface area contributed by atoms with Crippen molar-refractivity contribution in [3.8, 4) is 0 Å². The molecule has 2 N–H and O–H groups in total. The van der Waals surface area contributed by atoms with Gasteiger partial charge in [0.25, 0.3) is 5.91 Å². The zero-order chi connectivity index (χ0) is 17.6. The van der Waals surface area contributed by atoms with Crippen LogP contribution in [-0.2, 0) is 4.79 Å². The van der Waals surface area contributed by atoms with Gasteiger partial charge in [-0.05, 0) is 43.2 Å². The van der Waals surface area contributed by atoms with Crippen LogP contribution in [0.5, 0.6) is 0 Å². The zero-order valence-electron chi connectivity index (χ0n) is 14.4. The number of amides is 2. The molecule has 1 fully saturated rings. The molecule has 3 rings (SSSR count). The first-order valence-corrected chi connectivity index (χ1v) is 8.60. The lowest BCUT2D eigenvalue weighted by molar-refractivity contribution is -0.129. The molecule has 1 aliphatic rings. The average molecular weight is 337 g/mol. The second kappa shape index (κ2) is 7.83. The van der Waals surface area contributed by atoms with Crippen molar-refractivity contribution < 1.29 is 9.59 Å². The molecule has 0 unspecified atom stereocenters. The molecule has 0 radical (unpaired) electrons. The molecule has 25 heavy (non-hydrogen) atoms. The predicted octanol–water partition coefficient (Wildman–Crippen LogP) is 3.36. The molecule has 1 saturated heterocycles. The lowest BCUT2D eigenvalue weighted by Crippen LogP contribution is -2.41. The van der Waals surface area contributed by atoms with Gasteiger partial charge >= 0.3 is 0 Å². The molecule has 0 spiro atoms. The van der Waals surface area contributed by atoms with Gasteiger partial charge in [0.2, 0.25) is 5.91 Å². The van der Waals surface area contributed by atoms with Gasteiger partial charge in [0.15, 0.2) is 0 Å². The number of para-hydroxylation sites is 1. The zero-order valence-corrected chi connectivity index (χ0v) is 14.4. The van der Waals surface area contributed by atoms with Crippen LogP contribution in [-0.4, -0.2) is 35.8 Å². The van der Waals surface area contributed by atoms with Gasteiger partial charge in [-0.1, -0.05) is 24.3 Å². The minimum atomic E-state index is -0.124. The van der Waals surface area contributed by atoms with E-state index in [4.69, 9.17) is 0 Å². The Morgan fingerprint density at radius 3 is 2.32 bits per heavy atom. The molecule has 0 atom stereocenters. The number of carbonyl (C=O) groups excluding carboxylic acids is 2. The summed E-state index contributed by atoms with van der Waals surface area (Å²) < 4.78 is 0. The van der Waals surface area contributed by atoms with Gasteiger partial charge in [0.05, 0.1) is 0 Å². The number of piperidine rings is 1. The maximum Gasteiger partial charge on any atom is 0.255 e. The van der Waals surface area contributed by atoms with Crippen molar-refractivity contribution in [1.29, 1.82) is 0 Å². The van der Waals surface area contributed by atoms with Gasteiger partial charge in [-0.15, -0.1) is 0 Å². The Balaban J connectivity index is 1.60. The third-order valence-corrected chi connectivity index (χ3v) is 4.47. The van der Waals surface area contributed by atoms with Gasteiger partial charge in [0.1, 0.15) is 0 Å². The third kappa shape index (κ3) is 4.59. The fourth-order valence-corrected chi connectivity index (χ4v) is 3.05. The largest absolute Gasteiger partial charge is 0.382 e. The van der Waals surface area contributed by atoms with Gasteiger partial charge in [-0.3, -0.25) is 9.59 Å². The van der Waals surface area contributed by atoms with Crippen LogP contribution in [0.3, 0.4) is 0 Å². The molecule has 0 bridgehead atoms. The average Bonchev–Trinajstić information content (AvgIpc) is 2.63. The van der Waals surface area contributed by atoms with Crippen LogP contribution in [0, 0.1) is 0 Å². The van der Waals surface area contributed by atoms with Crippen LogP contribution in [0.15, 0.2) is 54.6 Å². The Morgan fingerprint density at radius 1 is 0.960 bits per heavy atom. The molecule has 0 aromatic heterocycles. The van der Waals surface area contributed by atoms with Crippen molar-refractivity contribution in [1.82, 2.24) is 4.90 Å². The Bertz CT molecular complexity index is 738. The normalized spacial score (nSPS) is 14.8. The fraction of sp³-hybridized carbons (Fsp3) is 0.300. The molecule has 130 valence electrons. The number of rotatable bonds is 4. The summed E-state index contributed by atoms with van der Waals surface area (Å²) in [4.78, 5) is 25.7. The molecule has 0 aliphatic carbocycles. The standard InChI is InChI=1S/C20H23N3O2/c1-15(24)23-12-10-18(11-13-23)21-19-9-5-6-16(14-19)20(25)22-17-7-3-2-4-8-17/h2-9,14,18,21H,10-13H2,1H3,(H,22,25). The van der Waals surface area contributed by atoms with Crippen molar-refractivity contribution in [3.63, 3.8) is 0 Å². The topological polar surface area (TPSA) is 61.4 Å². The molecular weight excluding hydrogens is 314 g/mol. The van der Waals surface area contributed by atoms with E-state index < -0.39 is 0 Å². The van der Waals surface area contributed by atoms with Gasteiger partial charge in [-0.25, -0.2) is 0 Å². The summed E-state index contributed by atoms with van der Waals surface area (Å²) in [7, 11) is 0. The maximum atomic E-state index is 12.4. The number of nitrogens with zero attached hydrogens (tertiary/aromatic N) is 1. The van der Waals surface area contributed by atoms with Crippen molar-refractivity contribution in [2.75, 3.05) is 23.7 Å². The van der Waals surface area contributed by atoms with E-state index in [0.717, 1.165) is 37.3 Å². The van der Waals surface area contributed by atoms with Crippen molar-refractivity contribution in [2.45, 2.75) is 25.8 Å². The molecule has 1 aliphatic heterocycles. The number of hydrogen-bond donors (Lipinski definition) is 2. The highest BCUT2D eigenvalue weighted by Crippen LogP contribution is 2.18. The minimum absolute atomic E-state index is 0.124. The highest BCUT2D eigenvalue weighted by molar-refractivity contribution is 6.04. The van der Waals surface area contributed by atoms with E-state index in [1.54, 1.807) is 6.92 Å². The lowest BCUT2D eigenvalue weighted by Gasteiger charge is -2.32. The Labute approximate surface area is 148 Å². The van der Waals surface area contributed by atoms with Crippen molar-refractivity contribution in [2.24, 2.45) is 0 Å². The highest BCUT2D eigenvalue weighted by Gasteiger charge is 2.20. The van der Waals surface area contributed by atoms with E-state index in [1.807, 2.05) is 59.5 Å². The van der Waals surface area contributed by atoms with Crippen LogP contribution in [0.4, 0.5) is 11.4 Å². The summed E-state index contributed by atoms with van der Waals surface area (Å²) >= 11 is 0. The van der Waals surface area contributed by atoms with E-state index in [2.05, 4.69) is 10.6 Å².